The number of carboxylic acid groups (broad SMARTS) is 1. The number of rotatable bonds is 6. The van der Waals surface area contributed by atoms with Crippen LogP contribution in [0.4, 0.5) is 16.4 Å². The number of furan rings is 1. The van der Waals surface area contributed by atoms with Crippen LogP contribution >= 0.6 is 0 Å². The normalized spacial score (nSPS) is 14.9. The van der Waals surface area contributed by atoms with Crippen LogP contribution in [0.5, 0.6) is 0 Å². The van der Waals surface area contributed by atoms with Crippen molar-refractivity contribution in [2.45, 2.75) is 45.9 Å². The van der Waals surface area contributed by atoms with Crippen LogP contribution in [-0.2, 0) is 16.1 Å². The van der Waals surface area contributed by atoms with Crippen LogP contribution in [0.1, 0.15) is 39.3 Å². The minimum absolute atomic E-state index is 0.196. The fourth-order valence-corrected chi connectivity index (χ4v) is 4.86. The predicted octanol–water partition coefficient (Wildman–Crippen LogP) is 4.46. The van der Waals surface area contributed by atoms with E-state index in [0.29, 0.717) is 26.2 Å². The van der Waals surface area contributed by atoms with Gasteiger partial charge >= 0.3 is 12.1 Å². The standard InChI is InChI=1S/C29H33N5O6/c1-18(19-9-10-24-21(15-19)20-7-5-6-8-23(20)39-24)31-22-16-30-27(34(26(22)37)17-25(35)36)32-11-13-33(14-12-32)28(38)40-29(2,3)4/h5-10,15-16,18,31H,11-14,17H2,1-4H3,(H,35,36)/t18-/m1/s1. The number of anilines is 2. The molecule has 0 spiro atoms. The first kappa shape index (κ1) is 27.0. The van der Waals surface area contributed by atoms with Crippen LogP contribution in [0.3, 0.4) is 0 Å². The quantitative estimate of drug-likeness (QED) is 0.359. The van der Waals surface area contributed by atoms with E-state index in [4.69, 9.17) is 9.15 Å². The van der Waals surface area contributed by atoms with E-state index in [-0.39, 0.29) is 17.7 Å². The van der Waals surface area contributed by atoms with Gasteiger partial charge in [-0.25, -0.2) is 9.78 Å². The third-order valence-corrected chi connectivity index (χ3v) is 6.81. The second-order valence-corrected chi connectivity index (χ2v) is 10.9. The molecule has 2 N–H and O–H groups in total. The lowest BCUT2D eigenvalue weighted by Crippen LogP contribution is -2.51. The topological polar surface area (TPSA) is 130 Å². The number of fused-ring (bicyclic) bond motifs is 3. The molecule has 11 nitrogen and oxygen atoms in total. The second-order valence-electron chi connectivity index (χ2n) is 10.9. The van der Waals surface area contributed by atoms with E-state index in [9.17, 15) is 19.5 Å². The monoisotopic (exact) mass is 547 g/mol. The summed E-state index contributed by atoms with van der Waals surface area (Å²) in [4.78, 5) is 45.5. The number of aliphatic carboxylic acids is 1. The summed E-state index contributed by atoms with van der Waals surface area (Å²) >= 11 is 0. The maximum Gasteiger partial charge on any atom is 0.410 e. The van der Waals surface area contributed by atoms with Gasteiger partial charge in [0.15, 0.2) is 0 Å². The molecule has 3 heterocycles. The van der Waals surface area contributed by atoms with E-state index < -0.39 is 29.8 Å². The molecule has 1 amide bonds. The molecule has 5 rings (SSSR count). The highest BCUT2D eigenvalue weighted by molar-refractivity contribution is 6.05. The molecule has 4 aromatic rings. The van der Waals surface area contributed by atoms with Gasteiger partial charge in [-0.1, -0.05) is 24.3 Å². The summed E-state index contributed by atoms with van der Waals surface area (Å²) in [6, 6.07) is 13.4. The smallest absolute Gasteiger partial charge is 0.410 e. The van der Waals surface area contributed by atoms with Crippen molar-refractivity contribution in [1.29, 1.82) is 0 Å². The SMILES string of the molecule is C[C@@H](Nc1cnc(N2CCN(C(=O)OC(C)(C)C)CC2)n(CC(=O)O)c1=O)c1ccc2oc3ccccc3c2c1. The van der Waals surface area contributed by atoms with Crippen LogP contribution < -0.4 is 15.8 Å². The lowest BCUT2D eigenvalue weighted by atomic mass is 10.0. The van der Waals surface area contributed by atoms with E-state index in [2.05, 4.69) is 10.3 Å². The molecule has 0 bridgehead atoms. The van der Waals surface area contributed by atoms with Crippen LogP contribution in [0.15, 0.2) is 57.9 Å². The Labute approximate surface area is 230 Å². The Morgan fingerprint density at radius 2 is 1.77 bits per heavy atom. The number of hydrogen-bond donors (Lipinski definition) is 2. The summed E-state index contributed by atoms with van der Waals surface area (Å²) in [5.74, 6) is -0.902. The van der Waals surface area contributed by atoms with Gasteiger partial charge in [-0.2, -0.15) is 0 Å². The molecule has 0 unspecified atom stereocenters. The number of para-hydroxylation sites is 1. The van der Waals surface area contributed by atoms with E-state index in [1.54, 1.807) is 4.90 Å². The largest absolute Gasteiger partial charge is 0.480 e. The second kappa shape index (κ2) is 10.6. The molecule has 40 heavy (non-hydrogen) atoms. The lowest BCUT2D eigenvalue weighted by Gasteiger charge is -2.36. The highest BCUT2D eigenvalue weighted by Crippen LogP contribution is 2.31. The Morgan fingerprint density at radius 3 is 2.48 bits per heavy atom. The average molecular weight is 548 g/mol. The summed E-state index contributed by atoms with van der Waals surface area (Å²) in [5, 5.41) is 14.7. The first-order chi connectivity index (χ1) is 19.0. The highest BCUT2D eigenvalue weighted by Gasteiger charge is 2.28. The van der Waals surface area contributed by atoms with Gasteiger partial charge in [0.05, 0.1) is 6.20 Å². The molecule has 1 fully saturated rings. The maximum atomic E-state index is 13.5. The van der Waals surface area contributed by atoms with Crippen LogP contribution in [0.25, 0.3) is 21.9 Å². The number of benzene rings is 2. The first-order valence-electron chi connectivity index (χ1n) is 13.2. The number of carboxylic acids is 1. The van der Waals surface area contributed by atoms with Crippen molar-refractivity contribution in [2.75, 3.05) is 36.4 Å². The Hall–Kier alpha value is -4.54. The van der Waals surface area contributed by atoms with Gasteiger partial charge < -0.3 is 29.4 Å². The number of carbonyl (C=O) groups is 2. The van der Waals surface area contributed by atoms with Gasteiger partial charge in [-0.3, -0.25) is 14.2 Å². The van der Waals surface area contributed by atoms with E-state index >= 15 is 0 Å². The number of carbonyl (C=O) groups excluding carboxylic acids is 1. The number of nitrogens with zero attached hydrogens (tertiary/aromatic N) is 4. The zero-order chi connectivity index (χ0) is 28.6. The zero-order valence-electron chi connectivity index (χ0n) is 23.0. The summed E-state index contributed by atoms with van der Waals surface area (Å²) < 4.78 is 12.5. The van der Waals surface area contributed by atoms with Crippen molar-refractivity contribution >= 4 is 45.6 Å². The van der Waals surface area contributed by atoms with Crippen molar-refractivity contribution in [2.24, 2.45) is 0 Å². The summed E-state index contributed by atoms with van der Waals surface area (Å²) in [5.41, 5.74) is 1.63. The molecule has 0 radical (unpaired) electrons. The number of ether oxygens (including phenoxy) is 1. The van der Waals surface area contributed by atoms with Crippen LogP contribution in [0, 0.1) is 0 Å². The van der Waals surface area contributed by atoms with E-state index in [0.717, 1.165) is 32.1 Å². The van der Waals surface area contributed by atoms with Gasteiger partial charge in [0, 0.05) is 43.0 Å². The Bertz CT molecular complexity index is 1630. The molecular formula is C29H33N5O6. The highest BCUT2D eigenvalue weighted by atomic mass is 16.6. The van der Waals surface area contributed by atoms with Gasteiger partial charge in [0.2, 0.25) is 5.95 Å². The van der Waals surface area contributed by atoms with Crippen molar-refractivity contribution in [3.05, 3.63) is 64.6 Å². The van der Waals surface area contributed by atoms with Crippen LogP contribution in [-0.4, -0.2) is 63.4 Å². The fraction of sp³-hybridized carbons (Fsp3) is 0.379. The number of nitrogens with one attached hydrogen (secondary N) is 1. The third kappa shape index (κ3) is 5.58. The molecule has 1 aliphatic rings. The number of hydrogen-bond acceptors (Lipinski definition) is 8. The fourth-order valence-electron chi connectivity index (χ4n) is 4.86. The van der Waals surface area contributed by atoms with Crippen molar-refractivity contribution in [1.82, 2.24) is 14.5 Å². The molecule has 0 aliphatic carbocycles. The molecule has 1 saturated heterocycles. The molecule has 2 aromatic heterocycles. The first-order valence-corrected chi connectivity index (χ1v) is 13.2. The number of aromatic nitrogens is 2. The predicted molar refractivity (Wildman–Crippen MR) is 152 cm³/mol. The molecule has 210 valence electrons. The molecule has 2 aromatic carbocycles. The van der Waals surface area contributed by atoms with Gasteiger partial charge in [-0.15, -0.1) is 0 Å². The van der Waals surface area contributed by atoms with Gasteiger partial charge in [-0.05, 0) is 51.5 Å². The molecular weight excluding hydrogens is 514 g/mol. The van der Waals surface area contributed by atoms with Gasteiger partial charge in [0.25, 0.3) is 5.56 Å². The minimum atomic E-state index is -1.15. The van der Waals surface area contributed by atoms with Crippen molar-refractivity contribution in [3.63, 3.8) is 0 Å². The summed E-state index contributed by atoms with van der Waals surface area (Å²) in [6.45, 7) is 8.30. The van der Waals surface area contributed by atoms with Crippen molar-refractivity contribution < 1.29 is 23.8 Å². The Kier molecular flexibility index (Phi) is 7.14. The van der Waals surface area contributed by atoms with E-state index in [1.807, 2.05) is 75.1 Å². The molecule has 1 atom stereocenters. The maximum absolute atomic E-state index is 13.5. The third-order valence-electron chi connectivity index (χ3n) is 6.81. The van der Waals surface area contributed by atoms with E-state index in [1.165, 1.54) is 6.20 Å². The average Bonchev–Trinajstić information content (AvgIpc) is 3.28. The number of piperazine rings is 1. The number of amides is 1. The molecule has 0 saturated carbocycles. The van der Waals surface area contributed by atoms with Gasteiger partial charge in [0.1, 0.15) is 29.0 Å². The minimum Gasteiger partial charge on any atom is -0.480 e. The Balaban J connectivity index is 1.36. The molecule has 11 heteroatoms. The Morgan fingerprint density at radius 1 is 1.07 bits per heavy atom. The lowest BCUT2D eigenvalue weighted by molar-refractivity contribution is -0.137. The molecule has 1 aliphatic heterocycles. The summed E-state index contributed by atoms with van der Waals surface area (Å²) in [7, 11) is 0. The summed E-state index contributed by atoms with van der Waals surface area (Å²) in [6.07, 6.45) is 1.04. The van der Waals surface area contributed by atoms with Crippen LogP contribution in [0.2, 0.25) is 0 Å². The van der Waals surface area contributed by atoms with Crippen molar-refractivity contribution in [3.8, 4) is 0 Å². The zero-order valence-corrected chi connectivity index (χ0v) is 23.0.